The molecule has 0 amide bonds. The molecule has 1 aliphatic heterocycles. The predicted octanol–water partition coefficient (Wildman–Crippen LogP) is 0.603. The number of ether oxygens (including phenoxy) is 1. The molecule has 7 aromatic carbocycles. The van der Waals surface area contributed by atoms with E-state index < -0.39 is 0 Å². The summed E-state index contributed by atoms with van der Waals surface area (Å²) in [4.78, 5) is 0. The summed E-state index contributed by atoms with van der Waals surface area (Å²) in [6.07, 6.45) is 0. The zero-order valence-corrected chi connectivity index (χ0v) is 24.1. The second-order valence-electron chi connectivity index (χ2n) is 11.4. The molecule has 0 fully saturated rings. The van der Waals surface area contributed by atoms with E-state index in [1.807, 2.05) is 78.9 Å². The van der Waals surface area contributed by atoms with Gasteiger partial charge in [-0.05, 0) is 72.9 Å². The van der Waals surface area contributed by atoms with Gasteiger partial charge in [-0.3, -0.25) is 0 Å². The molecule has 0 saturated heterocycles. The fourth-order valence-corrected chi connectivity index (χ4v) is 6.91. The lowest BCUT2D eigenvalue weighted by atomic mass is 9.59. The standard InChI is InChI=1S/C36H14B8O/c37-29-25-22(15-7-2-1-3-8-15)26-28(32(40)36(44)34(42)30(26)38)24(27(25)31(39)35(43)33(29)41)19-13-14-21-23-17(10-6-11-18(19)23)16-9-4-5-12-20(16)45-21/h1-14H. The van der Waals surface area contributed by atoms with Crippen molar-refractivity contribution in [1.82, 2.24) is 0 Å². The predicted molar refractivity (Wildman–Crippen MR) is 198 cm³/mol. The van der Waals surface area contributed by atoms with Crippen molar-refractivity contribution in [2.75, 3.05) is 0 Å². The fourth-order valence-electron chi connectivity index (χ4n) is 6.91. The molecule has 0 aromatic heterocycles. The van der Waals surface area contributed by atoms with Gasteiger partial charge in [0.2, 0.25) is 0 Å². The summed E-state index contributed by atoms with van der Waals surface area (Å²) in [5.41, 5.74) is 6.76. The van der Waals surface area contributed by atoms with Gasteiger partial charge in [0.15, 0.2) is 0 Å². The van der Waals surface area contributed by atoms with Crippen molar-refractivity contribution in [2.45, 2.75) is 0 Å². The van der Waals surface area contributed by atoms with Crippen molar-refractivity contribution >= 4 is 139 Å². The Morgan fingerprint density at radius 1 is 0.333 bits per heavy atom. The summed E-state index contributed by atoms with van der Waals surface area (Å²) >= 11 is 0. The van der Waals surface area contributed by atoms with E-state index in [0.29, 0.717) is 32.7 Å². The lowest BCUT2D eigenvalue weighted by Gasteiger charge is -2.29. The number of hydrogen-bond donors (Lipinski definition) is 0. The minimum atomic E-state index is 0.176. The van der Waals surface area contributed by atoms with Crippen LogP contribution >= 0.6 is 0 Å². The molecule has 0 unspecified atom stereocenters. The molecule has 1 nitrogen and oxygen atoms in total. The van der Waals surface area contributed by atoms with E-state index in [9.17, 15) is 0 Å². The van der Waals surface area contributed by atoms with Crippen LogP contribution in [0.4, 0.5) is 0 Å². The normalized spacial score (nSPS) is 12.0. The summed E-state index contributed by atoms with van der Waals surface area (Å²) in [6.45, 7) is 0. The number of para-hydroxylation sites is 1. The van der Waals surface area contributed by atoms with Gasteiger partial charge in [-0.1, -0.05) is 88.6 Å². The molecule has 8 rings (SSSR count). The molecule has 0 atom stereocenters. The molecule has 1 aliphatic rings. The Labute approximate surface area is 272 Å². The summed E-state index contributed by atoms with van der Waals surface area (Å²) in [7, 11) is 53.6. The van der Waals surface area contributed by atoms with Gasteiger partial charge in [-0.25, -0.2) is 0 Å². The first-order valence-electron chi connectivity index (χ1n) is 14.4. The molecule has 0 bridgehead atoms. The van der Waals surface area contributed by atoms with E-state index >= 15 is 0 Å². The van der Waals surface area contributed by atoms with Gasteiger partial charge in [0, 0.05) is 10.9 Å². The minimum absolute atomic E-state index is 0.176. The summed E-state index contributed by atoms with van der Waals surface area (Å²) in [5.74, 6) is 1.51. The van der Waals surface area contributed by atoms with Crippen molar-refractivity contribution in [2.24, 2.45) is 0 Å². The SMILES string of the molecule is [B]c1c([B])c([B])c2c(-c3ccc4c5c(cccc35)-c3ccccc3O4)c3c([B])c([B])c([B])c([B])c3c(-c3ccccc3)c2c1[B]. The molecule has 16 radical (unpaired) electrons. The smallest absolute Gasteiger partial charge is 0.135 e. The summed E-state index contributed by atoms with van der Waals surface area (Å²) in [5, 5.41) is 4.18. The van der Waals surface area contributed by atoms with Crippen molar-refractivity contribution < 1.29 is 4.74 Å². The van der Waals surface area contributed by atoms with Crippen molar-refractivity contribution in [3.63, 3.8) is 0 Å². The Kier molecular flexibility index (Phi) is 6.30. The second-order valence-corrected chi connectivity index (χ2v) is 11.4. The van der Waals surface area contributed by atoms with Crippen LogP contribution in [0.3, 0.4) is 0 Å². The highest BCUT2D eigenvalue weighted by Gasteiger charge is 2.27. The molecule has 0 N–H and O–H groups in total. The van der Waals surface area contributed by atoms with E-state index in [-0.39, 0.29) is 43.7 Å². The van der Waals surface area contributed by atoms with Gasteiger partial charge >= 0.3 is 0 Å². The monoisotopic (exact) mass is 550 g/mol. The highest BCUT2D eigenvalue weighted by atomic mass is 16.5. The lowest BCUT2D eigenvalue weighted by Crippen LogP contribution is -2.50. The van der Waals surface area contributed by atoms with Crippen molar-refractivity contribution in [1.29, 1.82) is 0 Å². The molecule has 0 spiro atoms. The zero-order valence-electron chi connectivity index (χ0n) is 24.1. The van der Waals surface area contributed by atoms with Gasteiger partial charge in [0.05, 0.1) is 0 Å². The van der Waals surface area contributed by atoms with Crippen LogP contribution in [0.5, 0.6) is 11.5 Å². The highest BCUT2D eigenvalue weighted by molar-refractivity contribution is 6.71. The summed E-state index contributed by atoms with van der Waals surface area (Å²) < 4.78 is 6.39. The quantitative estimate of drug-likeness (QED) is 0.227. The Balaban J connectivity index is 1.68. The molecule has 9 heteroatoms. The van der Waals surface area contributed by atoms with Crippen LogP contribution in [-0.4, -0.2) is 62.8 Å². The van der Waals surface area contributed by atoms with Crippen LogP contribution in [0.2, 0.25) is 0 Å². The number of fused-ring (bicyclic) bond motifs is 4. The first-order valence-corrected chi connectivity index (χ1v) is 14.4. The second kappa shape index (κ2) is 10.1. The van der Waals surface area contributed by atoms with Gasteiger partial charge in [-0.15, -0.1) is 21.9 Å². The number of rotatable bonds is 2. The van der Waals surface area contributed by atoms with Crippen LogP contribution in [0, 0.1) is 0 Å². The van der Waals surface area contributed by atoms with Crippen LogP contribution in [0.1, 0.15) is 0 Å². The van der Waals surface area contributed by atoms with E-state index in [4.69, 9.17) is 67.5 Å². The van der Waals surface area contributed by atoms with E-state index in [1.54, 1.807) is 0 Å². The largest absolute Gasteiger partial charge is 0.456 e. The molecule has 0 aliphatic carbocycles. The average molecular weight is 549 g/mol. The van der Waals surface area contributed by atoms with Crippen LogP contribution in [0.15, 0.2) is 84.9 Å². The maximum atomic E-state index is 6.91. The summed E-state index contributed by atoms with van der Waals surface area (Å²) in [6, 6.07) is 27.7. The van der Waals surface area contributed by atoms with E-state index in [1.165, 1.54) is 0 Å². The Bertz CT molecular complexity index is 2360. The topological polar surface area (TPSA) is 9.23 Å². The van der Waals surface area contributed by atoms with Gasteiger partial charge < -0.3 is 4.74 Å². The van der Waals surface area contributed by atoms with E-state index in [0.717, 1.165) is 44.5 Å². The minimum Gasteiger partial charge on any atom is -0.456 e. The molecule has 7 aromatic rings. The third-order valence-corrected chi connectivity index (χ3v) is 9.05. The third kappa shape index (κ3) is 3.80. The van der Waals surface area contributed by atoms with Crippen molar-refractivity contribution in [3.8, 4) is 44.9 Å². The third-order valence-electron chi connectivity index (χ3n) is 9.05. The molecule has 45 heavy (non-hydrogen) atoms. The van der Waals surface area contributed by atoms with Gasteiger partial charge in [0.1, 0.15) is 74.3 Å². The fraction of sp³-hybridized carbons (Fsp3) is 0. The van der Waals surface area contributed by atoms with Crippen molar-refractivity contribution in [3.05, 3.63) is 84.9 Å². The molecule has 1 heterocycles. The van der Waals surface area contributed by atoms with Crippen LogP contribution in [-0.2, 0) is 0 Å². The zero-order chi connectivity index (χ0) is 31.3. The Morgan fingerprint density at radius 3 is 1.44 bits per heavy atom. The van der Waals surface area contributed by atoms with Gasteiger partial charge in [-0.2, -0.15) is 0 Å². The van der Waals surface area contributed by atoms with Gasteiger partial charge in [0.25, 0.3) is 0 Å². The maximum Gasteiger partial charge on any atom is 0.135 e. The molecular formula is C36H14B8O. The van der Waals surface area contributed by atoms with E-state index in [2.05, 4.69) is 6.07 Å². The molecule has 188 valence electrons. The molecule has 0 saturated carbocycles. The Hall–Kier alpha value is -4.36. The highest BCUT2D eigenvalue weighted by Crippen LogP contribution is 2.50. The van der Waals surface area contributed by atoms with Crippen LogP contribution in [0.25, 0.3) is 65.7 Å². The average Bonchev–Trinajstić information content (AvgIpc) is 3.07. The van der Waals surface area contributed by atoms with Crippen LogP contribution < -0.4 is 48.4 Å². The number of hydrogen-bond acceptors (Lipinski definition) is 1. The number of benzene rings is 7. The first-order chi connectivity index (χ1) is 21.7. The molecular weight excluding hydrogens is 535 g/mol. The first kappa shape index (κ1) is 28.1. The Morgan fingerprint density at radius 2 is 0.844 bits per heavy atom. The maximum absolute atomic E-state index is 6.91. The lowest BCUT2D eigenvalue weighted by molar-refractivity contribution is 0.487.